The minimum atomic E-state index is -2.84. The van der Waals surface area contributed by atoms with Gasteiger partial charge >= 0.3 is 0 Å². The summed E-state index contributed by atoms with van der Waals surface area (Å²) < 4.78 is 2.06. The van der Waals surface area contributed by atoms with Gasteiger partial charge in [-0.3, -0.25) is 0 Å². The molecule has 0 spiro atoms. The summed E-state index contributed by atoms with van der Waals surface area (Å²) in [7, 11) is -2.84. The number of rotatable bonds is 6. The second-order valence-electron chi connectivity index (χ2n) is 12.2. The van der Waals surface area contributed by atoms with Crippen LogP contribution in [0.1, 0.15) is 11.1 Å². The smallest absolute Gasteiger partial charge is 0.190 e. The van der Waals surface area contributed by atoms with Gasteiger partial charge in [-0.25, -0.2) is 4.85 Å². The van der Waals surface area contributed by atoms with E-state index in [1.165, 1.54) is 20.7 Å². The number of benzene rings is 7. The predicted molar refractivity (Wildman–Crippen MR) is 206 cm³/mol. The van der Waals surface area contributed by atoms with Crippen molar-refractivity contribution in [1.82, 2.24) is 4.57 Å². The zero-order valence-electron chi connectivity index (χ0n) is 27.0. The van der Waals surface area contributed by atoms with Crippen molar-refractivity contribution in [3.8, 4) is 29.0 Å². The first kappa shape index (κ1) is 30.4. The number of nitrogens with zero attached hydrogens (tertiary/aromatic N) is 4. The molecule has 1 aromatic heterocycles. The van der Waals surface area contributed by atoms with Gasteiger partial charge in [0.05, 0.1) is 40.5 Å². The van der Waals surface area contributed by atoms with E-state index in [0.29, 0.717) is 28.1 Å². The first-order chi connectivity index (χ1) is 24.7. The number of hydrogen-bond acceptors (Lipinski definition) is 2. The summed E-state index contributed by atoms with van der Waals surface area (Å²) in [5.41, 5.74) is 5.47. The Balaban J connectivity index is 1.43. The third-order valence-electron chi connectivity index (χ3n) is 9.61. The Bertz CT molecular complexity index is 2580. The van der Waals surface area contributed by atoms with Crippen molar-refractivity contribution in [2.45, 2.75) is 0 Å². The molecule has 0 unspecified atom stereocenters. The molecule has 0 radical (unpaired) electrons. The van der Waals surface area contributed by atoms with E-state index in [0.717, 1.165) is 27.4 Å². The predicted octanol–water partition coefficient (Wildman–Crippen LogP) is 8.12. The summed E-state index contributed by atoms with van der Waals surface area (Å²) >= 11 is 0. The van der Waals surface area contributed by atoms with Crippen molar-refractivity contribution in [2.75, 3.05) is 0 Å². The number of nitriles is 2. The Kier molecular flexibility index (Phi) is 7.63. The normalized spacial score (nSPS) is 11.1. The summed E-state index contributed by atoms with van der Waals surface area (Å²) in [6.07, 6.45) is 0. The summed E-state index contributed by atoms with van der Waals surface area (Å²) in [6.45, 7) is 8.11. The molecule has 0 amide bonds. The molecule has 0 aliphatic carbocycles. The second kappa shape index (κ2) is 12.6. The van der Waals surface area contributed by atoms with E-state index in [4.69, 9.17) is 6.57 Å². The molecule has 5 heteroatoms. The lowest BCUT2D eigenvalue weighted by Crippen LogP contribution is -2.74. The fourth-order valence-electron chi connectivity index (χ4n) is 7.48. The number of para-hydroxylation sites is 1. The number of aromatic nitrogens is 1. The van der Waals surface area contributed by atoms with Crippen LogP contribution in [0.25, 0.3) is 43.5 Å². The second-order valence-corrected chi connectivity index (χ2v) is 16.0. The minimum Gasteiger partial charge on any atom is -0.309 e. The highest BCUT2D eigenvalue weighted by Gasteiger charge is 2.41. The Morgan fingerprint density at radius 1 is 0.520 bits per heavy atom. The van der Waals surface area contributed by atoms with Crippen LogP contribution >= 0.6 is 0 Å². The SMILES string of the molecule is [C-]#[N+]c1cc(-c2cccc([Si](c3ccccc3)(c3ccccc3)c3ccccc3)c2)c(C#N)c(-n2c3ccccc3c3cc(C#N)ccc32)c1. The van der Waals surface area contributed by atoms with E-state index in [2.05, 4.69) is 131 Å². The Hall–Kier alpha value is -6.97. The molecule has 8 aromatic rings. The maximum Gasteiger partial charge on any atom is 0.190 e. The van der Waals surface area contributed by atoms with Gasteiger partial charge in [0.15, 0.2) is 13.8 Å². The summed E-state index contributed by atoms with van der Waals surface area (Å²) in [6, 6.07) is 62.9. The molecule has 0 aliphatic rings. The van der Waals surface area contributed by atoms with Crippen LogP contribution in [-0.4, -0.2) is 12.6 Å². The summed E-state index contributed by atoms with van der Waals surface area (Å²) in [5.74, 6) is 0. The fraction of sp³-hybridized carbons (Fsp3) is 0. The van der Waals surface area contributed by atoms with Crippen molar-refractivity contribution >= 4 is 56.3 Å². The monoisotopic (exact) mass is 652 g/mol. The lowest BCUT2D eigenvalue weighted by Gasteiger charge is -2.34. The molecule has 0 atom stereocenters. The van der Waals surface area contributed by atoms with Crippen molar-refractivity contribution in [2.24, 2.45) is 0 Å². The molecule has 0 fully saturated rings. The van der Waals surface area contributed by atoms with E-state index >= 15 is 0 Å². The molecule has 50 heavy (non-hydrogen) atoms. The van der Waals surface area contributed by atoms with Crippen LogP contribution < -0.4 is 20.7 Å². The standard InChI is InChI=1S/C45H28N4Si/c1-48-34-28-40(42(31-47)45(29-34)49-43-23-12-11-22-39(43)41-26-32(30-46)24-25-44(41)49)33-14-13-21-38(27-33)50(35-15-5-2-6-16-35,36-17-7-3-8-18-36)37-19-9-4-10-20-37/h2-29H. The Morgan fingerprint density at radius 3 is 1.70 bits per heavy atom. The average Bonchev–Trinajstić information content (AvgIpc) is 3.52. The van der Waals surface area contributed by atoms with Crippen LogP contribution in [0.15, 0.2) is 170 Å². The maximum absolute atomic E-state index is 10.9. The first-order valence-electron chi connectivity index (χ1n) is 16.3. The van der Waals surface area contributed by atoms with Gasteiger partial charge in [0.1, 0.15) is 6.07 Å². The molecule has 0 bridgehead atoms. The van der Waals surface area contributed by atoms with Crippen molar-refractivity contribution < 1.29 is 0 Å². The Labute approximate surface area is 291 Å². The van der Waals surface area contributed by atoms with E-state index in [1.54, 1.807) is 12.1 Å². The quantitative estimate of drug-likeness (QED) is 0.104. The molecular weight excluding hydrogens is 625 g/mol. The largest absolute Gasteiger partial charge is 0.309 e. The summed E-state index contributed by atoms with van der Waals surface area (Å²) in [4.78, 5) is 3.90. The van der Waals surface area contributed by atoms with Crippen LogP contribution in [-0.2, 0) is 0 Å². The third-order valence-corrected chi connectivity index (χ3v) is 14.4. The van der Waals surface area contributed by atoms with Crippen molar-refractivity contribution in [3.05, 3.63) is 192 Å². The van der Waals surface area contributed by atoms with Gasteiger partial charge in [-0.1, -0.05) is 133 Å². The van der Waals surface area contributed by atoms with E-state index in [-0.39, 0.29) is 0 Å². The van der Waals surface area contributed by atoms with Crippen LogP contribution in [0.3, 0.4) is 0 Å². The topological polar surface area (TPSA) is 56.9 Å². The van der Waals surface area contributed by atoms with Gasteiger partial charge in [0.25, 0.3) is 0 Å². The van der Waals surface area contributed by atoms with Gasteiger partial charge in [-0.05, 0) is 68.3 Å². The maximum atomic E-state index is 10.9. The molecule has 0 N–H and O–H groups in total. The van der Waals surface area contributed by atoms with Crippen LogP contribution in [0, 0.1) is 29.2 Å². The summed E-state index contributed by atoms with van der Waals surface area (Å²) in [5, 5.41) is 27.5. The van der Waals surface area contributed by atoms with Crippen molar-refractivity contribution in [1.29, 1.82) is 10.5 Å². The highest BCUT2D eigenvalue weighted by atomic mass is 28.3. The van der Waals surface area contributed by atoms with Crippen molar-refractivity contribution in [3.63, 3.8) is 0 Å². The molecule has 1 heterocycles. The highest BCUT2D eigenvalue weighted by molar-refractivity contribution is 7.19. The minimum absolute atomic E-state index is 0.441. The number of fused-ring (bicyclic) bond motifs is 3. The molecule has 7 aromatic carbocycles. The van der Waals surface area contributed by atoms with Gasteiger partial charge in [0.2, 0.25) is 0 Å². The fourth-order valence-corrected chi connectivity index (χ4v) is 12.3. The molecule has 232 valence electrons. The molecule has 0 saturated heterocycles. The molecular formula is C45H28N4Si. The average molecular weight is 653 g/mol. The lowest BCUT2D eigenvalue weighted by atomic mass is 9.97. The lowest BCUT2D eigenvalue weighted by molar-refractivity contribution is 1.17. The zero-order valence-corrected chi connectivity index (χ0v) is 28.0. The molecule has 8 rings (SSSR count). The highest BCUT2D eigenvalue weighted by Crippen LogP contribution is 2.38. The van der Waals surface area contributed by atoms with E-state index in [9.17, 15) is 10.5 Å². The van der Waals surface area contributed by atoms with E-state index in [1.807, 2.05) is 48.5 Å². The first-order valence-corrected chi connectivity index (χ1v) is 18.3. The number of hydrogen-bond donors (Lipinski definition) is 0. The molecule has 0 aliphatic heterocycles. The molecule has 4 nitrogen and oxygen atoms in total. The van der Waals surface area contributed by atoms with E-state index < -0.39 is 8.07 Å². The van der Waals surface area contributed by atoms with Gasteiger partial charge in [-0.15, -0.1) is 0 Å². The van der Waals surface area contributed by atoms with Crippen LogP contribution in [0.5, 0.6) is 0 Å². The van der Waals surface area contributed by atoms with Gasteiger partial charge < -0.3 is 4.57 Å². The zero-order chi connectivity index (χ0) is 34.1. The molecule has 0 saturated carbocycles. The van der Waals surface area contributed by atoms with Gasteiger partial charge in [0, 0.05) is 10.8 Å². The Morgan fingerprint density at radius 2 is 1.10 bits per heavy atom. The third kappa shape index (κ3) is 4.80. The van der Waals surface area contributed by atoms with Gasteiger partial charge in [-0.2, -0.15) is 10.5 Å². The van der Waals surface area contributed by atoms with Crippen LogP contribution in [0.2, 0.25) is 0 Å². The van der Waals surface area contributed by atoms with Crippen LogP contribution in [0.4, 0.5) is 5.69 Å².